The van der Waals surface area contributed by atoms with Crippen molar-refractivity contribution in [2.75, 3.05) is 0 Å². The summed E-state index contributed by atoms with van der Waals surface area (Å²) in [7, 11) is 0. The average molecular weight is 205 g/mol. The smallest absolute Gasteiger partial charge is 0.237 e. The standard InChI is InChI=1S/C11H15N3O/c1-2-3-10(12)11(15)14-8-9-4-6-13-7-5-9/h2,4-7,10H,1,3,8,12H2,(H,14,15). The fourth-order valence-corrected chi connectivity index (χ4v) is 1.11. The van der Waals surface area contributed by atoms with E-state index in [1.807, 2.05) is 12.1 Å². The van der Waals surface area contributed by atoms with Crippen molar-refractivity contribution in [2.24, 2.45) is 5.73 Å². The maximum Gasteiger partial charge on any atom is 0.237 e. The number of hydrogen-bond acceptors (Lipinski definition) is 3. The first-order valence-electron chi connectivity index (χ1n) is 4.77. The van der Waals surface area contributed by atoms with Crippen LogP contribution in [0.4, 0.5) is 0 Å². The molecule has 0 aliphatic rings. The zero-order valence-electron chi connectivity index (χ0n) is 8.52. The molecule has 1 aromatic rings. The molecule has 0 aromatic carbocycles. The first-order chi connectivity index (χ1) is 7.24. The van der Waals surface area contributed by atoms with Crippen LogP contribution in [0.3, 0.4) is 0 Å². The third-order valence-electron chi connectivity index (χ3n) is 1.97. The number of amides is 1. The Morgan fingerprint density at radius 1 is 1.60 bits per heavy atom. The normalized spacial score (nSPS) is 11.8. The Bertz CT molecular complexity index is 324. The Balaban J connectivity index is 2.37. The van der Waals surface area contributed by atoms with Gasteiger partial charge < -0.3 is 11.1 Å². The summed E-state index contributed by atoms with van der Waals surface area (Å²) in [5, 5.41) is 2.74. The Morgan fingerprint density at radius 2 is 2.27 bits per heavy atom. The highest BCUT2D eigenvalue weighted by Gasteiger charge is 2.10. The molecule has 1 rings (SSSR count). The predicted molar refractivity (Wildman–Crippen MR) is 58.9 cm³/mol. The lowest BCUT2D eigenvalue weighted by atomic mass is 10.2. The lowest BCUT2D eigenvalue weighted by Gasteiger charge is -2.09. The molecule has 1 atom stereocenters. The zero-order chi connectivity index (χ0) is 11.1. The van der Waals surface area contributed by atoms with Crippen molar-refractivity contribution < 1.29 is 4.79 Å². The Labute approximate surface area is 89.2 Å². The molecular formula is C11H15N3O. The maximum atomic E-state index is 11.4. The van der Waals surface area contributed by atoms with E-state index in [0.29, 0.717) is 13.0 Å². The van der Waals surface area contributed by atoms with Crippen LogP contribution in [0.25, 0.3) is 0 Å². The van der Waals surface area contributed by atoms with E-state index in [1.165, 1.54) is 0 Å². The molecule has 0 fully saturated rings. The van der Waals surface area contributed by atoms with Crippen molar-refractivity contribution in [1.29, 1.82) is 0 Å². The summed E-state index contributed by atoms with van der Waals surface area (Å²) < 4.78 is 0. The molecule has 1 aromatic heterocycles. The van der Waals surface area contributed by atoms with E-state index >= 15 is 0 Å². The van der Waals surface area contributed by atoms with Gasteiger partial charge in [0.25, 0.3) is 0 Å². The van der Waals surface area contributed by atoms with E-state index in [-0.39, 0.29) is 5.91 Å². The number of hydrogen-bond donors (Lipinski definition) is 2. The highest BCUT2D eigenvalue weighted by molar-refractivity contribution is 5.81. The van der Waals surface area contributed by atoms with Crippen molar-refractivity contribution >= 4 is 5.91 Å². The van der Waals surface area contributed by atoms with Crippen LogP contribution in [0.15, 0.2) is 37.2 Å². The molecule has 1 unspecified atom stereocenters. The first kappa shape index (κ1) is 11.4. The first-order valence-corrected chi connectivity index (χ1v) is 4.77. The van der Waals surface area contributed by atoms with Gasteiger partial charge in [0.2, 0.25) is 5.91 Å². The van der Waals surface area contributed by atoms with E-state index in [4.69, 9.17) is 5.73 Å². The zero-order valence-corrected chi connectivity index (χ0v) is 8.52. The minimum absolute atomic E-state index is 0.160. The van der Waals surface area contributed by atoms with Crippen LogP contribution in [-0.2, 0) is 11.3 Å². The summed E-state index contributed by atoms with van der Waals surface area (Å²) in [6, 6.07) is 3.18. The summed E-state index contributed by atoms with van der Waals surface area (Å²) in [6.07, 6.45) is 5.50. The fourth-order valence-electron chi connectivity index (χ4n) is 1.11. The van der Waals surface area contributed by atoms with Crippen LogP contribution in [0.5, 0.6) is 0 Å². The van der Waals surface area contributed by atoms with Crippen LogP contribution in [0.1, 0.15) is 12.0 Å². The van der Waals surface area contributed by atoms with Gasteiger partial charge in [-0.05, 0) is 24.1 Å². The topological polar surface area (TPSA) is 68.0 Å². The highest BCUT2D eigenvalue weighted by Crippen LogP contribution is 1.96. The quantitative estimate of drug-likeness (QED) is 0.692. The number of nitrogens with zero attached hydrogens (tertiary/aromatic N) is 1. The molecule has 0 aliphatic heterocycles. The second-order valence-electron chi connectivity index (χ2n) is 3.20. The van der Waals surface area contributed by atoms with E-state index in [0.717, 1.165) is 5.56 Å². The van der Waals surface area contributed by atoms with E-state index < -0.39 is 6.04 Å². The van der Waals surface area contributed by atoms with Gasteiger partial charge in [0, 0.05) is 18.9 Å². The number of pyridine rings is 1. The van der Waals surface area contributed by atoms with E-state index in [1.54, 1.807) is 18.5 Å². The third-order valence-corrected chi connectivity index (χ3v) is 1.97. The number of rotatable bonds is 5. The van der Waals surface area contributed by atoms with Gasteiger partial charge in [-0.25, -0.2) is 0 Å². The third kappa shape index (κ3) is 3.91. The lowest BCUT2D eigenvalue weighted by molar-refractivity contribution is -0.122. The second kappa shape index (κ2) is 5.93. The van der Waals surface area contributed by atoms with Gasteiger partial charge in [-0.3, -0.25) is 9.78 Å². The molecule has 1 heterocycles. The summed E-state index contributed by atoms with van der Waals surface area (Å²) in [5.41, 5.74) is 6.60. The van der Waals surface area contributed by atoms with Crippen molar-refractivity contribution in [2.45, 2.75) is 19.0 Å². The molecule has 0 saturated heterocycles. The molecule has 4 heteroatoms. The molecule has 1 amide bonds. The van der Waals surface area contributed by atoms with Gasteiger partial charge in [0.1, 0.15) is 0 Å². The van der Waals surface area contributed by atoms with Crippen LogP contribution in [0.2, 0.25) is 0 Å². The average Bonchev–Trinajstić information content (AvgIpc) is 2.27. The van der Waals surface area contributed by atoms with Crippen molar-refractivity contribution in [3.8, 4) is 0 Å². The van der Waals surface area contributed by atoms with Gasteiger partial charge in [-0.2, -0.15) is 0 Å². The van der Waals surface area contributed by atoms with Crippen molar-refractivity contribution in [3.05, 3.63) is 42.7 Å². The molecule has 0 bridgehead atoms. The summed E-state index contributed by atoms with van der Waals surface area (Å²) in [5.74, 6) is -0.160. The second-order valence-corrected chi connectivity index (χ2v) is 3.20. The monoisotopic (exact) mass is 205 g/mol. The summed E-state index contributed by atoms with van der Waals surface area (Å²) in [4.78, 5) is 15.3. The molecule has 4 nitrogen and oxygen atoms in total. The highest BCUT2D eigenvalue weighted by atomic mass is 16.2. The van der Waals surface area contributed by atoms with Gasteiger partial charge in [0.15, 0.2) is 0 Å². The van der Waals surface area contributed by atoms with E-state index in [2.05, 4.69) is 16.9 Å². The Hall–Kier alpha value is -1.68. The SMILES string of the molecule is C=CCC(N)C(=O)NCc1ccncc1. The fraction of sp³-hybridized carbons (Fsp3) is 0.273. The van der Waals surface area contributed by atoms with Gasteiger partial charge in [-0.15, -0.1) is 6.58 Å². The maximum absolute atomic E-state index is 11.4. The predicted octanol–water partition coefficient (Wildman–Crippen LogP) is 0.601. The summed E-state index contributed by atoms with van der Waals surface area (Å²) in [6.45, 7) is 4.01. The number of nitrogens with two attached hydrogens (primary N) is 1. The van der Waals surface area contributed by atoms with E-state index in [9.17, 15) is 4.79 Å². The molecule has 0 aliphatic carbocycles. The van der Waals surface area contributed by atoms with Crippen LogP contribution in [0, 0.1) is 0 Å². The van der Waals surface area contributed by atoms with Gasteiger partial charge in [-0.1, -0.05) is 6.08 Å². The van der Waals surface area contributed by atoms with Crippen molar-refractivity contribution in [1.82, 2.24) is 10.3 Å². The minimum atomic E-state index is -0.510. The number of nitrogens with one attached hydrogen (secondary N) is 1. The summed E-state index contributed by atoms with van der Waals surface area (Å²) >= 11 is 0. The molecule has 15 heavy (non-hydrogen) atoms. The molecule has 3 N–H and O–H groups in total. The Kier molecular flexibility index (Phi) is 4.50. The molecule has 0 radical (unpaired) electrons. The molecule has 80 valence electrons. The van der Waals surface area contributed by atoms with Gasteiger partial charge >= 0.3 is 0 Å². The molecule has 0 spiro atoms. The number of aromatic nitrogens is 1. The largest absolute Gasteiger partial charge is 0.351 e. The Morgan fingerprint density at radius 3 is 2.87 bits per heavy atom. The van der Waals surface area contributed by atoms with Crippen molar-refractivity contribution in [3.63, 3.8) is 0 Å². The number of carbonyl (C=O) groups excluding carboxylic acids is 1. The van der Waals surface area contributed by atoms with Crippen LogP contribution < -0.4 is 11.1 Å². The number of carbonyl (C=O) groups is 1. The molecule has 0 saturated carbocycles. The molecular weight excluding hydrogens is 190 g/mol. The van der Waals surface area contributed by atoms with Crippen LogP contribution in [-0.4, -0.2) is 16.9 Å². The van der Waals surface area contributed by atoms with Crippen LogP contribution >= 0.6 is 0 Å². The minimum Gasteiger partial charge on any atom is -0.351 e. The van der Waals surface area contributed by atoms with Gasteiger partial charge in [0.05, 0.1) is 6.04 Å². The lowest BCUT2D eigenvalue weighted by Crippen LogP contribution is -2.39.